The van der Waals surface area contributed by atoms with Crippen LogP contribution in [0.15, 0.2) is 73.3 Å². The molecule has 2 amide bonds. The summed E-state index contributed by atoms with van der Waals surface area (Å²) in [5.41, 5.74) is 3.18. The number of nitrogens with one attached hydrogen (secondary N) is 1. The maximum absolute atomic E-state index is 13.1. The minimum Gasteiger partial charge on any atom is -0.359 e. The number of hydrogen-bond donors (Lipinski definition) is 1. The Morgan fingerprint density at radius 3 is 2.24 bits per heavy atom. The average Bonchev–Trinajstić information content (AvgIpc) is 3.33. The van der Waals surface area contributed by atoms with E-state index in [1.54, 1.807) is 47.9 Å². The lowest BCUT2D eigenvalue weighted by Crippen LogP contribution is -2.52. The molecule has 33 heavy (non-hydrogen) atoms. The number of carbonyl (C=O) groups excluding carboxylic acids is 3. The first kappa shape index (κ1) is 20.6. The number of nitrogens with zero attached hydrogens (tertiary/aromatic N) is 4. The Morgan fingerprint density at radius 2 is 1.52 bits per heavy atom. The van der Waals surface area contributed by atoms with E-state index in [1.807, 2.05) is 30.3 Å². The number of aromatic amines is 1. The van der Waals surface area contributed by atoms with Crippen molar-refractivity contribution in [1.29, 1.82) is 0 Å². The number of amides is 2. The summed E-state index contributed by atoms with van der Waals surface area (Å²) in [5.74, 6) is -1.21. The van der Waals surface area contributed by atoms with Crippen molar-refractivity contribution in [3.8, 4) is 11.3 Å². The molecule has 3 aromatic heterocycles. The number of fused-ring (bicyclic) bond motifs is 1. The molecule has 1 fully saturated rings. The standard InChI is InChI=1S/C25H21N5O3/c31-23(20-16-28-22-19(20)8-11-27-21(22)17-6-9-26-10-7-17)25(33)30-14-12-29(13-15-30)24(32)18-4-2-1-3-5-18/h1-11,16,28H,12-15H2. The molecule has 0 radical (unpaired) electrons. The molecule has 0 saturated carbocycles. The van der Waals surface area contributed by atoms with E-state index in [0.717, 1.165) is 5.56 Å². The van der Waals surface area contributed by atoms with Crippen LogP contribution < -0.4 is 0 Å². The van der Waals surface area contributed by atoms with Crippen LogP contribution in [0.5, 0.6) is 0 Å². The summed E-state index contributed by atoms with van der Waals surface area (Å²) in [4.78, 5) is 53.5. The number of Topliss-reactive ketones (excluding diaryl/α,β-unsaturated/α-hetero) is 1. The van der Waals surface area contributed by atoms with Gasteiger partial charge in [-0.1, -0.05) is 18.2 Å². The van der Waals surface area contributed by atoms with Gasteiger partial charge in [0.2, 0.25) is 0 Å². The van der Waals surface area contributed by atoms with Gasteiger partial charge in [-0.25, -0.2) is 0 Å². The Bertz CT molecular complexity index is 1330. The van der Waals surface area contributed by atoms with Gasteiger partial charge in [-0.15, -0.1) is 0 Å². The number of carbonyl (C=O) groups is 3. The van der Waals surface area contributed by atoms with Crippen LogP contribution in [0.2, 0.25) is 0 Å². The van der Waals surface area contributed by atoms with Gasteiger partial charge in [0.05, 0.1) is 16.8 Å². The summed E-state index contributed by atoms with van der Waals surface area (Å²) in [7, 11) is 0. The van der Waals surface area contributed by atoms with E-state index in [9.17, 15) is 14.4 Å². The first-order chi connectivity index (χ1) is 16.1. The lowest BCUT2D eigenvalue weighted by Gasteiger charge is -2.34. The highest BCUT2D eigenvalue weighted by Crippen LogP contribution is 2.28. The number of H-pyrrole nitrogens is 1. The first-order valence-electron chi connectivity index (χ1n) is 10.7. The number of rotatable bonds is 4. The maximum atomic E-state index is 13.1. The number of benzene rings is 1. The molecule has 164 valence electrons. The second kappa shape index (κ2) is 8.66. The van der Waals surface area contributed by atoms with Crippen LogP contribution in [-0.4, -0.2) is 68.5 Å². The van der Waals surface area contributed by atoms with Crippen molar-refractivity contribution in [2.24, 2.45) is 0 Å². The molecule has 5 rings (SSSR count). The lowest BCUT2D eigenvalue weighted by atomic mass is 10.1. The molecule has 4 heterocycles. The zero-order chi connectivity index (χ0) is 22.8. The Morgan fingerprint density at radius 1 is 0.818 bits per heavy atom. The monoisotopic (exact) mass is 439 g/mol. The zero-order valence-corrected chi connectivity index (χ0v) is 17.8. The second-order valence-corrected chi connectivity index (χ2v) is 7.80. The van der Waals surface area contributed by atoms with E-state index < -0.39 is 11.7 Å². The van der Waals surface area contributed by atoms with Crippen LogP contribution >= 0.6 is 0 Å². The second-order valence-electron chi connectivity index (χ2n) is 7.80. The normalized spacial score (nSPS) is 13.8. The average molecular weight is 439 g/mol. The smallest absolute Gasteiger partial charge is 0.295 e. The van der Waals surface area contributed by atoms with Gasteiger partial charge in [-0.3, -0.25) is 24.4 Å². The lowest BCUT2D eigenvalue weighted by molar-refractivity contribution is -0.127. The van der Waals surface area contributed by atoms with Crippen molar-refractivity contribution in [2.45, 2.75) is 0 Å². The van der Waals surface area contributed by atoms with E-state index in [2.05, 4.69) is 15.0 Å². The number of pyridine rings is 2. The van der Waals surface area contributed by atoms with Crippen molar-refractivity contribution in [3.05, 3.63) is 84.4 Å². The zero-order valence-electron chi connectivity index (χ0n) is 17.8. The summed E-state index contributed by atoms with van der Waals surface area (Å²) in [6, 6.07) is 14.5. The highest BCUT2D eigenvalue weighted by molar-refractivity contribution is 6.45. The van der Waals surface area contributed by atoms with Crippen molar-refractivity contribution >= 4 is 28.5 Å². The molecule has 0 unspecified atom stereocenters. The SMILES string of the molecule is O=C(C(=O)N1CCN(C(=O)c2ccccc2)CC1)c1c[nH]c2c(-c3ccncc3)nccc12. The van der Waals surface area contributed by atoms with Gasteiger partial charge in [-0.2, -0.15) is 0 Å². The molecule has 0 spiro atoms. The summed E-state index contributed by atoms with van der Waals surface area (Å²) < 4.78 is 0. The summed E-state index contributed by atoms with van der Waals surface area (Å²) in [5, 5.41) is 0.646. The quantitative estimate of drug-likeness (QED) is 0.389. The van der Waals surface area contributed by atoms with Crippen LogP contribution in [0.3, 0.4) is 0 Å². The topological polar surface area (TPSA) is 99.3 Å². The molecule has 8 heteroatoms. The Labute approximate surface area is 189 Å². The molecule has 4 aromatic rings. The molecule has 1 aliphatic rings. The van der Waals surface area contributed by atoms with Crippen LogP contribution in [0.4, 0.5) is 0 Å². The molecule has 0 aliphatic carbocycles. The van der Waals surface area contributed by atoms with Crippen molar-refractivity contribution in [3.63, 3.8) is 0 Å². The molecule has 8 nitrogen and oxygen atoms in total. The number of ketones is 1. The fourth-order valence-corrected chi connectivity index (χ4v) is 4.11. The fourth-order valence-electron chi connectivity index (χ4n) is 4.11. The largest absolute Gasteiger partial charge is 0.359 e. The van der Waals surface area contributed by atoms with Crippen molar-refractivity contribution in [2.75, 3.05) is 26.2 Å². The van der Waals surface area contributed by atoms with Gasteiger partial charge in [0.15, 0.2) is 0 Å². The van der Waals surface area contributed by atoms with Crippen molar-refractivity contribution < 1.29 is 14.4 Å². The highest BCUT2D eigenvalue weighted by Gasteiger charge is 2.30. The van der Waals surface area contributed by atoms with Crippen LogP contribution in [0.25, 0.3) is 22.2 Å². The summed E-state index contributed by atoms with van der Waals surface area (Å²) >= 11 is 0. The van der Waals surface area contributed by atoms with E-state index >= 15 is 0 Å². The van der Waals surface area contributed by atoms with E-state index in [4.69, 9.17) is 0 Å². The summed E-state index contributed by atoms with van der Waals surface area (Å²) in [6.07, 6.45) is 6.54. The number of piperazine rings is 1. The van der Waals surface area contributed by atoms with E-state index in [0.29, 0.717) is 53.9 Å². The van der Waals surface area contributed by atoms with E-state index in [-0.39, 0.29) is 5.91 Å². The molecule has 1 saturated heterocycles. The minimum atomic E-state index is -0.573. The van der Waals surface area contributed by atoms with Crippen LogP contribution in [-0.2, 0) is 4.79 Å². The third-order valence-corrected chi connectivity index (χ3v) is 5.87. The Balaban J connectivity index is 1.31. The van der Waals surface area contributed by atoms with E-state index in [1.165, 1.54) is 4.90 Å². The fraction of sp³-hybridized carbons (Fsp3) is 0.160. The van der Waals surface area contributed by atoms with Gasteiger partial charge in [-0.05, 0) is 30.3 Å². The van der Waals surface area contributed by atoms with Crippen LogP contribution in [0, 0.1) is 0 Å². The third-order valence-electron chi connectivity index (χ3n) is 5.87. The molecular weight excluding hydrogens is 418 g/mol. The first-order valence-corrected chi connectivity index (χ1v) is 10.7. The number of aromatic nitrogens is 3. The summed E-state index contributed by atoms with van der Waals surface area (Å²) in [6.45, 7) is 1.40. The molecule has 0 atom stereocenters. The third kappa shape index (κ3) is 3.87. The van der Waals surface area contributed by atoms with Gasteiger partial charge in [0.1, 0.15) is 0 Å². The van der Waals surface area contributed by atoms with Crippen molar-refractivity contribution in [1.82, 2.24) is 24.8 Å². The van der Waals surface area contributed by atoms with Gasteiger partial charge >= 0.3 is 0 Å². The maximum Gasteiger partial charge on any atom is 0.295 e. The number of hydrogen-bond acceptors (Lipinski definition) is 5. The molecule has 1 aliphatic heterocycles. The van der Waals surface area contributed by atoms with Gasteiger partial charge in [0, 0.05) is 67.5 Å². The highest BCUT2D eigenvalue weighted by atomic mass is 16.2. The molecule has 0 bridgehead atoms. The predicted molar refractivity (Wildman–Crippen MR) is 123 cm³/mol. The molecular formula is C25H21N5O3. The van der Waals surface area contributed by atoms with Gasteiger partial charge < -0.3 is 14.8 Å². The molecule has 1 aromatic carbocycles. The van der Waals surface area contributed by atoms with Gasteiger partial charge in [0.25, 0.3) is 17.6 Å². The Kier molecular flexibility index (Phi) is 5.40. The molecule has 1 N–H and O–H groups in total. The predicted octanol–water partition coefficient (Wildman–Crippen LogP) is 2.79. The minimum absolute atomic E-state index is 0.0678. The Hall–Kier alpha value is -4.33. The van der Waals surface area contributed by atoms with Crippen LogP contribution in [0.1, 0.15) is 20.7 Å².